The molecule has 0 amide bonds. The molecule has 2 rings (SSSR count). The Morgan fingerprint density at radius 3 is 2.70 bits per heavy atom. The highest BCUT2D eigenvalue weighted by Crippen LogP contribution is 2.17. The Morgan fingerprint density at radius 2 is 2.05 bits per heavy atom. The number of nitrogens with one attached hydrogen (secondary N) is 1. The van der Waals surface area contributed by atoms with E-state index in [1.54, 1.807) is 7.11 Å². The van der Waals surface area contributed by atoms with E-state index in [9.17, 15) is 0 Å². The van der Waals surface area contributed by atoms with Crippen LogP contribution in [0.5, 0.6) is 0 Å². The first-order valence-corrected chi connectivity index (χ1v) is 6.81. The van der Waals surface area contributed by atoms with Crippen molar-refractivity contribution in [3.8, 4) is 5.69 Å². The van der Waals surface area contributed by atoms with Crippen molar-refractivity contribution >= 4 is 0 Å². The lowest BCUT2D eigenvalue weighted by Gasteiger charge is -2.12. The van der Waals surface area contributed by atoms with Gasteiger partial charge in [-0.05, 0) is 32.4 Å². The lowest BCUT2D eigenvalue weighted by molar-refractivity contribution is 0.199. The summed E-state index contributed by atoms with van der Waals surface area (Å²) >= 11 is 0. The number of aryl methyl sites for hydroxylation is 3. The molecule has 0 aliphatic carbocycles. The van der Waals surface area contributed by atoms with Crippen LogP contribution in [0.25, 0.3) is 5.69 Å². The Balaban J connectivity index is 2.26. The second-order valence-electron chi connectivity index (χ2n) is 4.92. The van der Waals surface area contributed by atoms with Crippen LogP contribution in [0.1, 0.15) is 22.8 Å². The molecule has 0 unspecified atom stereocenters. The van der Waals surface area contributed by atoms with Crippen LogP contribution >= 0.6 is 0 Å². The van der Waals surface area contributed by atoms with Crippen molar-refractivity contribution in [1.29, 1.82) is 0 Å². The van der Waals surface area contributed by atoms with Crippen molar-refractivity contribution in [2.45, 2.75) is 27.3 Å². The predicted molar refractivity (Wildman–Crippen MR) is 79.2 cm³/mol. The lowest BCUT2D eigenvalue weighted by atomic mass is 10.1. The number of ether oxygens (including phenoxy) is 1. The molecular formula is C15H22N4O. The zero-order valence-electron chi connectivity index (χ0n) is 12.6. The largest absolute Gasteiger partial charge is 0.383 e. The third-order valence-electron chi connectivity index (χ3n) is 3.14. The molecule has 0 spiro atoms. The Morgan fingerprint density at radius 1 is 1.25 bits per heavy atom. The van der Waals surface area contributed by atoms with E-state index in [-0.39, 0.29) is 0 Å². The van der Waals surface area contributed by atoms with Gasteiger partial charge < -0.3 is 10.1 Å². The van der Waals surface area contributed by atoms with Gasteiger partial charge in [0, 0.05) is 20.2 Å². The normalized spacial score (nSPS) is 11.0. The molecular weight excluding hydrogens is 252 g/mol. The van der Waals surface area contributed by atoms with Crippen LogP contribution in [0.4, 0.5) is 0 Å². The summed E-state index contributed by atoms with van der Waals surface area (Å²) in [6.45, 7) is 8.32. The molecule has 5 nitrogen and oxygen atoms in total. The number of benzene rings is 1. The van der Waals surface area contributed by atoms with E-state index < -0.39 is 0 Å². The summed E-state index contributed by atoms with van der Waals surface area (Å²) < 4.78 is 6.96. The molecule has 1 aromatic carbocycles. The molecule has 108 valence electrons. The number of rotatable bonds is 6. The van der Waals surface area contributed by atoms with Crippen LogP contribution in [0.3, 0.4) is 0 Å². The highest BCUT2D eigenvalue weighted by molar-refractivity contribution is 5.43. The maximum absolute atomic E-state index is 5.05. The molecule has 0 atom stereocenters. The zero-order valence-corrected chi connectivity index (χ0v) is 12.6. The van der Waals surface area contributed by atoms with E-state index in [0.717, 1.165) is 30.4 Å². The maximum atomic E-state index is 5.05. The smallest absolute Gasteiger partial charge is 0.148 e. The fourth-order valence-corrected chi connectivity index (χ4v) is 2.21. The monoisotopic (exact) mass is 274 g/mol. The molecule has 5 heteroatoms. The van der Waals surface area contributed by atoms with Gasteiger partial charge in [-0.1, -0.05) is 17.7 Å². The fraction of sp³-hybridized carbons (Fsp3) is 0.467. The van der Waals surface area contributed by atoms with Crippen LogP contribution in [-0.4, -0.2) is 35.0 Å². The molecule has 0 bridgehead atoms. The van der Waals surface area contributed by atoms with Crippen molar-refractivity contribution < 1.29 is 4.74 Å². The van der Waals surface area contributed by atoms with Gasteiger partial charge in [0.05, 0.1) is 12.3 Å². The molecule has 0 radical (unpaired) electrons. The highest BCUT2D eigenvalue weighted by atomic mass is 16.5. The van der Waals surface area contributed by atoms with Gasteiger partial charge in [0.1, 0.15) is 11.6 Å². The first-order valence-electron chi connectivity index (χ1n) is 6.81. The van der Waals surface area contributed by atoms with Gasteiger partial charge in [-0.2, -0.15) is 5.10 Å². The van der Waals surface area contributed by atoms with Gasteiger partial charge in [-0.25, -0.2) is 9.67 Å². The van der Waals surface area contributed by atoms with E-state index in [1.807, 2.05) is 18.5 Å². The first-order chi connectivity index (χ1) is 9.61. The van der Waals surface area contributed by atoms with Gasteiger partial charge in [0.15, 0.2) is 0 Å². The minimum Gasteiger partial charge on any atom is -0.383 e. The van der Waals surface area contributed by atoms with E-state index in [4.69, 9.17) is 4.74 Å². The van der Waals surface area contributed by atoms with Gasteiger partial charge in [-0.15, -0.1) is 0 Å². The number of nitrogens with zero attached hydrogens (tertiary/aromatic N) is 3. The Labute approximate surface area is 120 Å². The van der Waals surface area contributed by atoms with Crippen molar-refractivity contribution in [2.24, 2.45) is 0 Å². The SMILES string of the molecule is COCCNCc1cc(C)ccc1-n1nc(C)nc1C. The topological polar surface area (TPSA) is 52.0 Å². The Bertz CT molecular complexity index is 577. The molecule has 0 aliphatic heterocycles. The van der Waals surface area contributed by atoms with Crippen LogP contribution in [0.2, 0.25) is 0 Å². The van der Waals surface area contributed by atoms with E-state index >= 15 is 0 Å². The standard InChI is InChI=1S/C15H22N4O/c1-11-5-6-15(19-13(3)17-12(2)18-19)14(9-11)10-16-7-8-20-4/h5-6,9,16H,7-8,10H2,1-4H3. The van der Waals surface area contributed by atoms with Crippen LogP contribution in [0, 0.1) is 20.8 Å². The van der Waals surface area contributed by atoms with Crippen LogP contribution < -0.4 is 5.32 Å². The second kappa shape index (κ2) is 6.63. The van der Waals surface area contributed by atoms with E-state index in [2.05, 4.69) is 40.5 Å². The predicted octanol–water partition coefficient (Wildman–Crippen LogP) is 1.93. The third kappa shape index (κ3) is 3.43. The van der Waals surface area contributed by atoms with Crippen molar-refractivity contribution in [3.63, 3.8) is 0 Å². The molecule has 1 aromatic heterocycles. The zero-order chi connectivity index (χ0) is 14.5. The van der Waals surface area contributed by atoms with Gasteiger partial charge in [-0.3, -0.25) is 0 Å². The minimum absolute atomic E-state index is 0.711. The minimum atomic E-state index is 0.711. The summed E-state index contributed by atoms with van der Waals surface area (Å²) in [5.74, 6) is 1.70. The van der Waals surface area contributed by atoms with Crippen LogP contribution in [0.15, 0.2) is 18.2 Å². The summed E-state index contributed by atoms with van der Waals surface area (Å²) in [5, 5.41) is 7.85. The van der Waals surface area contributed by atoms with E-state index in [0.29, 0.717) is 6.61 Å². The Kier molecular flexibility index (Phi) is 4.87. The lowest BCUT2D eigenvalue weighted by Crippen LogP contribution is -2.20. The fourth-order valence-electron chi connectivity index (χ4n) is 2.21. The highest BCUT2D eigenvalue weighted by Gasteiger charge is 2.10. The van der Waals surface area contributed by atoms with Gasteiger partial charge in [0.2, 0.25) is 0 Å². The second-order valence-corrected chi connectivity index (χ2v) is 4.92. The van der Waals surface area contributed by atoms with Gasteiger partial charge >= 0.3 is 0 Å². The van der Waals surface area contributed by atoms with Gasteiger partial charge in [0.25, 0.3) is 0 Å². The Hall–Kier alpha value is -1.72. The molecule has 20 heavy (non-hydrogen) atoms. The van der Waals surface area contributed by atoms with E-state index in [1.165, 1.54) is 11.1 Å². The van der Waals surface area contributed by atoms with Crippen molar-refractivity contribution in [2.75, 3.05) is 20.3 Å². The third-order valence-corrected chi connectivity index (χ3v) is 3.14. The molecule has 0 saturated carbocycles. The average Bonchev–Trinajstić information content (AvgIpc) is 2.74. The summed E-state index contributed by atoms with van der Waals surface area (Å²) in [5.41, 5.74) is 3.54. The molecule has 1 N–H and O–H groups in total. The van der Waals surface area contributed by atoms with Crippen molar-refractivity contribution in [1.82, 2.24) is 20.1 Å². The first kappa shape index (κ1) is 14.7. The molecule has 1 heterocycles. The molecule has 0 aliphatic rings. The number of aromatic nitrogens is 3. The average molecular weight is 274 g/mol. The summed E-state index contributed by atoms with van der Waals surface area (Å²) in [4.78, 5) is 4.37. The maximum Gasteiger partial charge on any atom is 0.148 e. The quantitative estimate of drug-likeness (QED) is 0.818. The summed E-state index contributed by atoms with van der Waals surface area (Å²) in [6.07, 6.45) is 0. The number of hydrogen-bond acceptors (Lipinski definition) is 4. The molecule has 0 fully saturated rings. The van der Waals surface area contributed by atoms with Crippen LogP contribution in [-0.2, 0) is 11.3 Å². The number of hydrogen-bond donors (Lipinski definition) is 1. The summed E-state index contributed by atoms with van der Waals surface area (Å²) in [6, 6.07) is 6.39. The molecule has 2 aromatic rings. The number of methoxy groups -OCH3 is 1. The summed E-state index contributed by atoms with van der Waals surface area (Å²) in [7, 11) is 1.71. The molecule has 0 saturated heterocycles. The van der Waals surface area contributed by atoms with Crippen molar-refractivity contribution in [3.05, 3.63) is 41.0 Å².